The molecule has 1 aromatic rings. The molecule has 0 radical (unpaired) electrons. The number of hydrogen-bond donors (Lipinski definition) is 1. The van der Waals surface area contributed by atoms with Crippen molar-refractivity contribution in [1.29, 1.82) is 0 Å². The number of hydrogen-bond acceptors (Lipinski definition) is 2. The Balaban J connectivity index is 0.000000379. The van der Waals surface area contributed by atoms with E-state index in [0.29, 0.717) is 5.92 Å². The molecule has 1 heterocycles. The van der Waals surface area contributed by atoms with Crippen molar-refractivity contribution >= 4 is 5.69 Å². The van der Waals surface area contributed by atoms with Gasteiger partial charge in [-0.1, -0.05) is 72.9 Å². The van der Waals surface area contributed by atoms with E-state index >= 15 is 0 Å². The summed E-state index contributed by atoms with van der Waals surface area (Å²) in [5, 5.41) is 3.53. The van der Waals surface area contributed by atoms with E-state index in [-0.39, 0.29) is 5.60 Å². The molecule has 0 saturated heterocycles. The Bertz CT molecular complexity index is 443. The monoisotopic (exact) mass is 319 g/mol. The summed E-state index contributed by atoms with van der Waals surface area (Å²) in [6.07, 6.45) is 6.14. The number of benzene rings is 1. The third-order valence-corrected chi connectivity index (χ3v) is 4.83. The summed E-state index contributed by atoms with van der Waals surface area (Å²) >= 11 is 0. The van der Waals surface area contributed by atoms with Crippen molar-refractivity contribution in [2.75, 3.05) is 11.9 Å². The molecule has 0 aromatic heterocycles. The molecule has 2 rings (SSSR count). The van der Waals surface area contributed by atoms with Crippen molar-refractivity contribution in [3.63, 3.8) is 0 Å². The summed E-state index contributed by atoms with van der Waals surface area (Å²) in [7, 11) is 0. The summed E-state index contributed by atoms with van der Waals surface area (Å²) in [4.78, 5) is 0. The zero-order valence-electron chi connectivity index (χ0n) is 16.1. The van der Waals surface area contributed by atoms with Crippen LogP contribution < -0.4 is 10.1 Å². The van der Waals surface area contributed by atoms with Crippen molar-refractivity contribution in [3.8, 4) is 5.75 Å². The lowest BCUT2D eigenvalue weighted by molar-refractivity contribution is 0.0110. The summed E-state index contributed by atoms with van der Waals surface area (Å²) in [6.45, 7) is 14.4. The Hall–Kier alpha value is -1.18. The lowest BCUT2D eigenvalue weighted by Crippen LogP contribution is -2.50. The third kappa shape index (κ3) is 5.75. The molecule has 2 atom stereocenters. The quantitative estimate of drug-likeness (QED) is 0.644. The number of para-hydroxylation sites is 2. The molecule has 2 heteroatoms. The van der Waals surface area contributed by atoms with Crippen LogP contribution in [0.2, 0.25) is 0 Å². The molecule has 23 heavy (non-hydrogen) atoms. The van der Waals surface area contributed by atoms with Crippen molar-refractivity contribution in [3.05, 3.63) is 24.3 Å². The maximum absolute atomic E-state index is 6.35. The number of ether oxygens (including phenoxy) is 1. The van der Waals surface area contributed by atoms with Crippen LogP contribution in [0, 0.1) is 11.8 Å². The third-order valence-electron chi connectivity index (χ3n) is 4.83. The van der Waals surface area contributed by atoms with Crippen LogP contribution in [0.15, 0.2) is 24.3 Å². The van der Waals surface area contributed by atoms with Crippen molar-refractivity contribution in [2.45, 2.75) is 79.2 Å². The van der Waals surface area contributed by atoms with E-state index in [1.165, 1.54) is 12.8 Å². The first-order chi connectivity index (χ1) is 11.0. The molecule has 0 amide bonds. The standard InChI is InChI=1S/C15H23NO.C6H14/c1-4-10-15(12(3)5-2)11-16-13-8-6-7-9-14(13)17-15;1-4-5-6(2)3/h6-9,12,16H,4-5,10-11H2,1-3H3;6H,4-5H2,1-3H3. The molecule has 1 aromatic carbocycles. The molecule has 0 aliphatic carbocycles. The van der Waals surface area contributed by atoms with Gasteiger partial charge in [-0.05, 0) is 36.8 Å². The Morgan fingerprint density at radius 2 is 1.78 bits per heavy atom. The van der Waals surface area contributed by atoms with Crippen LogP contribution in [-0.2, 0) is 0 Å². The molecular weight excluding hydrogens is 282 g/mol. The van der Waals surface area contributed by atoms with Gasteiger partial charge in [-0.25, -0.2) is 0 Å². The SMILES string of the molecule is CCCC(C)C.CCCC1(C(C)CC)CNc2ccccc2O1. The predicted molar refractivity (Wildman–Crippen MR) is 102 cm³/mol. The molecule has 132 valence electrons. The zero-order valence-corrected chi connectivity index (χ0v) is 16.1. The summed E-state index contributed by atoms with van der Waals surface area (Å²) in [6, 6.07) is 8.24. The topological polar surface area (TPSA) is 21.3 Å². The largest absolute Gasteiger partial charge is 0.483 e. The van der Waals surface area contributed by atoms with E-state index in [9.17, 15) is 0 Å². The Morgan fingerprint density at radius 1 is 1.09 bits per heavy atom. The van der Waals surface area contributed by atoms with Gasteiger partial charge >= 0.3 is 0 Å². The Kier molecular flexibility index (Phi) is 8.51. The lowest BCUT2D eigenvalue weighted by Gasteiger charge is -2.43. The van der Waals surface area contributed by atoms with Crippen LogP contribution in [0.1, 0.15) is 73.6 Å². The first-order valence-electron chi connectivity index (χ1n) is 9.50. The average molecular weight is 320 g/mol. The second-order valence-electron chi connectivity index (χ2n) is 7.26. The van der Waals surface area contributed by atoms with Gasteiger partial charge in [-0.15, -0.1) is 0 Å². The number of nitrogens with one attached hydrogen (secondary N) is 1. The van der Waals surface area contributed by atoms with Crippen LogP contribution in [0.5, 0.6) is 5.75 Å². The highest BCUT2D eigenvalue weighted by molar-refractivity contribution is 5.58. The van der Waals surface area contributed by atoms with Gasteiger partial charge in [0.05, 0.1) is 12.2 Å². The highest BCUT2D eigenvalue weighted by Crippen LogP contribution is 2.39. The van der Waals surface area contributed by atoms with E-state index in [2.05, 4.69) is 59.0 Å². The van der Waals surface area contributed by atoms with Gasteiger partial charge in [0.1, 0.15) is 11.4 Å². The van der Waals surface area contributed by atoms with E-state index < -0.39 is 0 Å². The lowest BCUT2D eigenvalue weighted by atomic mass is 9.82. The van der Waals surface area contributed by atoms with Gasteiger partial charge in [-0.3, -0.25) is 0 Å². The minimum Gasteiger partial charge on any atom is -0.483 e. The first kappa shape index (κ1) is 19.9. The molecule has 0 fully saturated rings. The van der Waals surface area contributed by atoms with E-state index in [1.807, 2.05) is 12.1 Å². The van der Waals surface area contributed by atoms with E-state index in [4.69, 9.17) is 4.74 Å². The van der Waals surface area contributed by atoms with Crippen LogP contribution in [0.25, 0.3) is 0 Å². The fourth-order valence-corrected chi connectivity index (χ4v) is 3.23. The van der Waals surface area contributed by atoms with Crippen LogP contribution in [0.3, 0.4) is 0 Å². The number of fused-ring (bicyclic) bond motifs is 1. The minimum absolute atomic E-state index is 0.0299. The van der Waals surface area contributed by atoms with Crippen LogP contribution >= 0.6 is 0 Å². The number of anilines is 1. The smallest absolute Gasteiger partial charge is 0.143 e. The van der Waals surface area contributed by atoms with Gasteiger partial charge in [0.2, 0.25) is 0 Å². The molecule has 1 aliphatic rings. The van der Waals surface area contributed by atoms with Gasteiger partial charge in [0.15, 0.2) is 0 Å². The first-order valence-corrected chi connectivity index (χ1v) is 9.50. The fraction of sp³-hybridized carbons (Fsp3) is 0.714. The van der Waals surface area contributed by atoms with Crippen LogP contribution in [0.4, 0.5) is 5.69 Å². The summed E-state index contributed by atoms with van der Waals surface area (Å²) < 4.78 is 6.35. The molecule has 1 N–H and O–H groups in total. The average Bonchev–Trinajstić information content (AvgIpc) is 2.54. The molecule has 0 spiro atoms. The van der Waals surface area contributed by atoms with E-state index in [0.717, 1.165) is 43.2 Å². The summed E-state index contributed by atoms with van der Waals surface area (Å²) in [5.74, 6) is 2.48. The van der Waals surface area contributed by atoms with E-state index in [1.54, 1.807) is 0 Å². The van der Waals surface area contributed by atoms with Gasteiger partial charge in [0.25, 0.3) is 0 Å². The second kappa shape index (κ2) is 9.85. The number of rotatable bonds is 6. The van der Waals surface area contributed by atoms with Gasteiger partial charge in [-0.2, -0.15) is 0 Å². The molecule has 2 nitrogen and oxygen atoms in total. The molecule has 0 saturated carbocycles. The minimum atomic E-state index is -0.0299. The fourth-order valence-electron chi connectivity index (χ4n) is 3.23. The van der Waals surface area contributed by atoms with Gasteiger partial charge < -0.3 is 10.1 Å². The zero-order chi connectivity index (χ0) is 17.3. The molecule has 1 aliphatic heterocycles. The van der Waals surface area contributed by atoms with Crippen LogP contribution in [-0.4, -0.2) is 12.1 Å². The molecule has 0 bridgehead atoms. The Morgan fingerprint density at radius 3 is 2.30 bits per heavy atom. The maximum atomic E-state index is 6.35. The summed E-state index contributed by atoms with van der Waals surface area (Å²) in [5.41, 5.74) is 1.10. The maximum Gasteiger partial charge on any atom is 0.143 e. The molecular formula is C21H37NO. The highest BCUT2D eigenvalue weighted by atomic mass is 16.5. The van der Waals surface area contributed by atoms with Crippen molar-refractivity contribution < 1.29 is 4.74 Å². The van der Waals surface area contributed by atoms with Gasteiger partial charge in [0, 0.05) is 0 Å². The van der Waals surface area contributed by atoms with Crippen molar-refractivity contribution in [1.82, 2.24) is 0 Å². The molecule has 2 unspecified atom stereocenters. The second-order valence-corrected chi connectivity index (χ2v) is 7.26. The Labute approximate surface area is 144 Å². The predicted octanol–water partition coefficient (Wildman–Crippen LogP) is 6.52. The highest BCUT2D eigenvalue weighted by Gasteiger charge is 2.39. The normalized spacial score (nSPS) is 20.7. The van der Waals surface area contributed by atoms with Crippen molar-refractivity contribution in [2.24, 2.45) is 11.8 Å².